The van der Waals surface area contributed by atoms with Gasteiger partial charge in [0.05, 0.1) is 5.25 Å². The molecule has 0 aromatic heterocycles. The third kappa shape index (κ3) is 1.79. The van der Waals surface area contributed by atoms with Gasteiger partial charge in [-0.2, -0.15) is 0 Å². The summed E-state index contributed by atoms with van der Waals surface area (Å²) < 4.78 is 25.0. The number of hydrogen-bond donors (Lipinski definition) is 2. The number of carbonyl (C=O) groups is 1. The molecule has 0 heterocycles. The third-order valence-electron chi connectivity index (χ3n) is 2.96. The summed E-state index contributed by atoms with van der Waals surface area (Å²) in [7, 11) is -3.47. The van der Waals surface area contributed by atoms with Gasteiger partial charge in [0.1, 0.15) is 5.54 Å². The molecule has 15 heavy (non-hydrogen) atoms. The summed E-state index contributed by atoms with van der Waals surface area (Å²) in [6, 6.07) is 0. The molecule has 2 aliphatic rings. The lowest BCUT2D eigenvalue weighted by Gasteiger charge is -2.11. The Morgan fingerprint density at radius 1 is 1.53 bits per heavy atom. The van der Waals surface area contributed by atoms with Crippen LogP contribution in [0.1, 0.15) is 19.3 Å². The fourth-order valence-corrected chi connectivity index (χ4v) is 2.92. The Morgan fingerprint density at radius 2 is 2.13 bits per heavy atom. The minimum atomic E-state index is -3.47. The second-order valence-corrected chi connectivity index (χ2v) is 6.22. The Bertz CT molecular complexity index is 413. The van der Waals surface area contributed by atoms with Crippen LogP contribution in [0, 0.1) is 5.92 Å². The number of sulfonamides is 1. The largest absolute Gasteiger partial charge is 0.317 e. The Labute approximate surface area is 88.8 Å². The van der Waals surface area contributed by atoms with Gasteiger partial charge in [-0.1, -0.05) is 6.08 Å². The van der Waals surface area contributed by atoms with Crippen LogP contribution in [0.5, 0.6) is 0 Å². The first kappa shape index (κ1) is 10.6. The van der Waals surface area contributed by atoms with E-state index in [4.69, 9.17) is 5.73 Å². The number of nitrogens with one attached hydrogen (secondary N) is 1. The number of nitrogens with two attached hydrogens (primary N) is 1. The number of hydrogen-bond acceptors (Lipinski definition) is 4. The first-order valence-corrected chi connectivity index (χ1v) is 6.42. The second kappa shape index (κ2) is 3.05. The normalized spacial score (nSPS) is 34.6. The summed E-state index contributed by atoms with van der Waals surface area (Å²) in [6.07, 6.45) is 3.32. The maximum absolute atomic E-state index is 11.6. The molecule has 0 spiro atoms. The van der Waals surface area contributed by atoms with Gasteiger partial charge in [-0.05, 0) is 19.3 Å². The zero-order valence-electron chi connectivity index (χ0n) is 8.27. The second-order valence-electron chi connectivity index (χ2n) is 4.26. The van der Waals surface area contributed by atoms with Crippen LogP contribution in [0.3, 0.4) is 0 Å². The topological polar surface area (TPSA) is 89.3 Å². The van der Waals surface area contributed by atoms with Crippen LogP contribution >= 0.6 is 0 Å². The van der Waals surface area contributed by atoms with Crippen molar-refractivity contribution in [1.29, 1.82) is 0 Å². The molecule has 84 valence electrons. The molecule has 2 fully saturated rings. The average Bonchev–Trinajstić information content (AvgIpc) is 2.97. The van der Waals surface area contributed by atoms with E-state index >= 15 is 0 Å². The van der Waals surface area contributed by atoms with Crippen LogP contribution in [0.4, 0.5) is 0 Å². The fourth-order valence-electron chi connectivity index (χ4n) is 1.55. The standard InChI is InChI=1S/C9H14N2O3S/c1-2-6-5-9(6,10)8(12)11-15(13,14)7-3-4-7/h2,6-7H,1,3-5,10H2,(H,11,12)/t6-,9-/m0/s1. The van der Waals surface area contributed by atoms with Crippen LogP contribution in [0.2, 0.25) is 0 Å². The number of carbonyl (C=O) groups excluding carboxylic acids is 1. The Hall–Kier alpha value is -0.880. The Kier molecular flexibility index (Phi) is 2.16. The zero-order valence-corrected chi connectivity index (χ0v) is 9.09. The van der Waals surface area contributed by atoms with Crippen molar-refractivity contribution in [2.24, 2.45) is 11.7 Å². The van der Waals surface area contributed by atoms with Crippen LogP contribution < -0.4 is 10.5 Å². The minimum absolute atomic E-state index is 0.105. The number of amides is 1. The van der Waals surface area contributed by atoms with E-state index in [1.165, 1.54) is 0 Å². The molecule has 0 aromatic carbocycles. The van der Waals surface area contributed by atoms with Gasteiger partial charge in [-0.3, -0.25) is 9.52 Å². The van der Waals surface area contributed by atoms with Gasteiger partial charge in [0.15, 0.2) is 0 Å². The summed E-state index contributed by atoms with van der Waals surface area (Å²) in [4.78, 5) is 11.6. The molecular weight excluding hydrogens is 216 g/mol. The van der Waals surface area contributed by atoms with Gasteiger partial charge in [0.25, 0.3) is 5.91 Å². The van der Waals surface area contributed by atoms with Crippen molar-refractivity contribution < 1.29 is 13.2 Å². The summed E-state index contributed by atoms with van der Waals surface area (Å²) >= 11 is 0. The highest BCUT2D eigenvalue weighted by Crippen LogP contribution is 2.42. The third-order valence-corrected chi connectivity index (χ3v) is 4.78. The van der Waals surface area contributed by atoms with Gasteiger partial charge in [0.2, 0.25) is 10.0 Å². The van der Waals surface area contributed by atoms with Gasteiger partial charge in [-0.25, -0.2) is 8.42 Å². The molecular formula is C9H14N2O3S. The fraction of sp³-hybridized carbons (Fsp3) is 0.667. The van der Waals surface area contributed by atoms with Crippen LogP contribution in [-0.4, -0.2) is 25.1 Å². The van der Waals surface area contributed by atoms with Gasteiger partial charge >= 0.3 is 0 Å². The molecule has 0 bridgehead atoms. The average molecular weight is 230 g/mol. The predicted octanol–water partition coefficient (Wildman–Crippen LogP) is -0.502. The molecule has 3 N–H and O–H groups in total. The van der Waals surface area contributed by atoms with Crippen molar-refractivity contribution in [3.63, 3.8) is 0 Å². The molecule has 2 aliphatic carbocycles. The van der Waals surface area contributed by atoms with Crippen LogP contribution in [-0.2, 0) is 14.8 Å². The SMILES string of the molecule is C=C[C@H]1C[C@@]1(N)C(=O)NS(=O)(=O)C1CC1. The van der Waals surface area contributed by atoms with Crippen molar-refractivity contribution in [3.8, 4) is 0 Å². The van der Waals surface area contributed by atoms with E-state index in [9.17, 15) is 13.2 Å². The van der Waals surface area contributed by atoms with Crippen molar-refractivity contribution >= 4 is 15.9 Å². The Morgan fingerprint density at radius 3 is 2.53 bits per heavy atom. The summed E-state index contributed by atoms with van der Waals surface area (Å²) in [5.41, 5.74) is 4.67. The van der Waals surface area contributed by atoms with E-state index in [0.29, 0.717) is 19.3 Å². The highest BCUT2D eigenvalue weighted by Gasteiger charge is 2.56. The number of rotatable bonds is 4. The molecule has 2 saturated carbocycles. The van der Waals surface area contributed by atoms with E-state index in [1.807, 2.05) is 4.72 Å². The van der Waals surface area contributed by atoms with Crippen LogP contribution in [0.25, 0.3) is 0 Å². The highest BCUT2D eigenvalue weighted by atomic mass is 32.2. The van der Waals surface area contributed by atoms with E-state index in [0.717, 1.165) is 0 Å². The van der Waals surface area contributed by atoms with E-state index in [1.54, 1.807) is 6.08 Å². The van der Waals surface area contributed by atoms with E-state index < -0.39 is 26.7 Å². The van der Waals surface area contributed by atoms with E-state index in [2.05, 4.69) is 6.58 Å². The van der Waals surface area contributed by atoms with Gasteiger partial charge < -0.3 is 5.73 Å². The zero-order chi connectivity index (χ0) is 11.3. The van der Waals surface area contributed by atoms with E-state index in [-0.39, 0.29) is 5.92 Å². The van der Waals surface area contributed by atoms with Crippen molar-refractivity contribution in [1.82, 2.24) is 4.72 Å². The minimum Gasteiger partial charge on any atom is -0.317 e. The first-order valence-electron chi connectivity index (χ1n) is 4.87. The molecule has 0 aromatic rings. The predicted molar refractivity (Wildman–Crippen MR) is 55.3 cm³/mol. The molecule has 0 radical (unpaired) electrons. The van der Waals surface area contributed by atoms with Gasteiger partial charge in [0, 0.05) is 5.92 Å². The highest BCUT2D eigenvalue weighted by molar-refractivity contribution is 7.90. The lowest BCUT2D eigenvalue weighted by Crippen LogP contribution is -2.47. The van der Waals surface area contributed by atoms with Gasteiger partial charge in [-0.15, -0.1) is 6.58 Å². The lowest BCUT2D eigenvalue weighted by molar-refractivity contribution is -0.121. The van der Waals surface area contributed by atoms with Crippen molar-refractivity contribution in [2.45, 2.75) is 30.1 Å². The molecule has 0 unspecified atom stereocenters. The maximum atomic E-state index is 11.6. The summed E-state index contributed by atoms with van der Waals surface area (Å²) in [5.74, 6) is -0.703. The van der Waals surface area contributed by atoms with Crippen molar-refractivity contribution in [2.75, 3.05) is 0 Å². The molecule has 1 amide bonds. The quantitative estimate of drug-likeness (QED) is 0.637. The molecule has 0 aliphatic heterocycles. The first-order chi connectivity index (χ1) is 6.90. The lowest BCUT2D eigenvalue weighted by atomic mass is 10.2. The molecule has 5 nitrogen and oxygen atoms in total. The smallest absolute Gasteiger partial charge is 0.254 e. The summed E-state index contributed by atoms with van der Waals surface area (Å²) in [6.45, 7) is 3.54. The monoisotopic (exact) mass is 230 g/mol. The molecule has 2 rings (SSSR count). The maximum Gasteiger partial charge on any atom is 0.254 e. The van der Waals surface area contributed by atoms with Crippen molar-refractivity contribution in [3.05, 3.63) is 12.7 Å². The molecule has 0 saturated heterocycles. The summed E-state index contributed by atoms with van der Waals surface area (Å²) in [5, 5.41) is -0.397. The Balaban J connectivity index is 2.02. The molecule has 2 atom stereocenters. The molecule has 6 heteroatoms. The van der Waals surface area contributed by atoms with Crippen LogP contribution in [0.15, 0.2) is 12.7 Å².